The van der Waals surface area contributed by atoms with Crippen LogP contribution in [0, 0.1) is 13.8 Å². The zero-order valence-electron chi connectivity index (χ0n) is 15.5. The molecule has 0 unspecified atom stereocenters. The van der Waals surface area contributed by atoms with Gasteiger partial charge in [-0.25, -0.2) is 0 Å². The fourth-order valence-electron chi connectivity index (χ4n) is 2.37. The number of hydrogen-bond acceptors (Lipinski definition) is 3. The largest absolute Gasteiger partial charge is 0.332 e. The predicted molar refractivity (Wildman–Crippen MR) is 106 cm³/mol. The van der Waals surface area contributed by atoms with E-state index in [9.17, 15) is 0 Å². The van der Waals surface area contributed by atoms with Crippen molar-refractivity contribution in [1.82, 2.24) is 0 Å². The Bertz CT molecular complexity index is 609. The second-order valence-corrected chi connectivity index (χ2v) is 6.93. The molecule has 0 fully saturated rings. The second-order valence-electron chi connectivity index (χ2n) is 5.70. The lowest BCUT2D eigenvalue weighted by Crippen LogP contribution is -1.97. The Kier molecular flexibility index (Phi) is 8.30. The highest BCUT2D eigenvalue weighted by molar-refractivity contribution is 7.41. The Labute approximate surface area is 152 Å². The Morgan fingerprint density at radius 1 is 0.760 bits per heavy atom. The van der Waals surface area contributed by atoms with Crippen LogP contribution in [-0.2, 0) is 13.6 Å². The van der Waals surface area contributed by atoms with Gasteiger partial charge in [-0.05, 0) is 50.5 Å². The molecule has 0 atom stereocenters. The van der Waals surface area contributed by atoms with E-state index in [2.05, 4.69) is 68.5 Å². The molecule has 0 saturated heterocycles. The van der Waals surface area contributed by atoms with E-state index in [4.69, 9.17) is 13.6 Å². The summed E-state index contributed by atoms with van der Waals surface area (Å²) in [5.41, 5.74) is 6.01. The predicted octanol–water partition coefficient (Wildman–Crippen LogP) is 6.05. The van der Waals surface area contributed by atoms with Crippen molar-refractivity contribution in [3.05, 3.63) is 76.9 Å². The van der Waals surface area contributed by atoms with Crippen LogP contribution in [0.2, 0.25) is 0 Å². The maximum Gasteiger partial charge on any atom is 0.332 e. The summed E-state index contributed by atoms with van der Waals surface area (Å²) >= 11 is 0. The molecular formula is C21H27O3P. The Morgan fingerprint density at radius 3 is 1.60 bits per heavy atom. The topological polar surface area (TPSA) is 27.7 Å². The molecule has 3 nitrogen and oxygen atoms in total. The molecule has 134 valence electrons. The van der Waals surface area contributed by atoms with Gasteiger partial charge in [0.2, 0.25) is 0 Å². The van der Waals surface area contributed by atoms with Crippen molar-refractivity contribution in [2.24, 2.45) is 0 Å². The van der Waals surface area contributed by atoms with Crippen molar-refractivity contribution in [3.63, 3.8) is 0 Å². The molecule has 25 heavy (non-hydrogen) atoms. The standard InChI is InChI=1S/C21H27O3P/c1-5-22-25(23-6-2)24-16-15-21(19-11-7-17(3)8-12-19)20-13-9-18(4)10-14-20/h7-15H,5-6,16H2,1-4H3. The highest BCUT2D eigenvalue weighted by Crippen LogP contribution is 2.39. The van der Waals surface area contributed by atoms with Crippen LogP contribution < -0.4 is 0 Å². The Balaban J connectivity index is 2.21. The van der Waals surface area contributed by atoms with Crippen LogP contribution in [0.5, 0.6) is 0 Å². The van der Waals surface area contributed by atoms with Crippen molar-refractivity contribution in [3.8, 4) is 0 Å². The summed E-state index contributed by atoms with van der Waals surface area (Å²) in [7, 11) is -1.28. The van der Waals surface area contributed by atoms with Gasteiger partial charge >= 0.3 is 8.60 Å². The molecule has 0 spiro atoms. The number of rotatable bonds is 9. The van der Waals surface area contributed by atoms with Crippen LogP contribution in [0.3, 0.4) is 0 Å². The normalized spacial score (nSPS) is 10.9. The van der Waals surface area contributed by atoms with Gasteiger partial charge in [0.25, 0.3) is 0 Å². The SMILES string of the molecule is CCOP(OCC)OCC=C(c1ccc(C)cc1)c1ccc(C)cc1. The van der Waals surface area contributed by atoms with Crippen LogP contribution in [0.1, 0.15) is 36.1 Å². The molecule has 4 heteroatoms. The molecule has 2 aromatic rings. The van der Waals surface area contributed by atoms with Gasteiger partial charge in [-0.15, -0.1) is 0 Å². The van der Waals surface area contributed by atoms with Crippen LogP contribution in [0.15, 0.2) is 54.6 Å². The molecule has 0 radical (unpaired) electrons. The van der Waals surface area contributed by atoms with E-state index in [0.717, 1.165) is 5.57 Å². The van der Waals surface area contributed by atoms with Crippen molar-refractivity contribution < 1.29 is 13.6 Å². The molecule has 0 aromatic heterocycles. The first-order valence-electron chi connectivity index (χ1n) is 8.67. The first-order valence-corrected chi connectivity index (χ1v) is 9.76. The van der Waals surface area contributed by atoms with Gasteiger partial charge in [0.15, 0.2) is 0 Å². The van der Waals surface area contributed by atoms with E-state index in [-0.39, 0.29) is 0 Å². The smallest absolute Gasteiger partial charge is 0.313 e. The van der Waals surface area contributed by atoms with Crippen molar-refractivity contribution in [1.29, 1.82) is 0 Å². The molecule has 0 aliphatic carbocycles. The first kappa shape index (κ1) is 19.8. The van der Waals surface area contributed by atoms with E-state index in [1.807, 2.05) is 13.8 Å². The lowest BCUT2D eigenvalue weighted by atomic mass is 9.96. The van der Waals surface area contributed by atoms with E-state index >= 15 is 0 Å². The third kappa shape index (κ3) is 6.37. The summed E-state index contributed by atoms with van der Waals surface area (Å²) in [5, 5.41) is 0. The summed E-state index contributed by atoms with van der Waals surface area (Å²) < 4.78 is 16.8. The Morgan fingerprint density at radius 2 is 1.20 bits per heavy atom. The maximum absolute atomic E-state index is 5.79. The van der Waals surface area contributed by atoms with Gasteiger partial charge in [0, 0.05) is 0 Å². The monoisotopic (exact) mass is 358 g/mol. The van der Waals surface area contributed by atoms with Crippen LogP contribution in [0.25, 0.3) is 5.57 Å². The first-order chi connectivity index (χ1) is 12.1. The summed E-state index contributed by atoms with van der Waals surface area (Å²) in [4.78, 5) is 0. The van der Waals surface area contributed by atoms with Gasteiger partial charge in [0.05, 0.1) is 19.8 Å². The molecule has 0 aliphatic heterocycles. The fraction of sp³-hybridized carbons (Fsp3) is 0.333. The molecule has 0 bridgehead atoms. The van der Waals surface area contributed by atoms with Crippen molar-refractivity contribution >= 4 is 14.2 Å². The molecule has 0 aliphatic rings. The number of aryl methyl sites for hydroxylation is 2. The average molecular weight is 358 g/mol. The highest BCUT2D eigenvalue weighted by Gasteiger charge is 2.11. The minimum Gasteiger partial charge on any atom is -0.313 e. The highest BCUT2D eigenvalue weighted by atomic mass is 31.2. The average Bonchev–Trinajstić information content (AvgIpc) is 2.61. The minimum absolute atomic E-state index is 0.447. The fourth-order valence-corrected chi connectivity index (χ4v) is 3.21. The van der Waals surface area contributed by atoms with E-state index in [1.165, 1.54) is 22.3 Å². The van der Waals surface area contributed by atoms with Gasteiger partial charge in [-0.3, -0.25) is 0 Å². The van der Waals surface area contributed by atoms with Gasteiger partial charge < -0.3 is 13.6 Å². The van der Waals surface area contributed by atoms with Crippen molar-refractivity contribution in [2.45, 2.75) is 27.7 Å². The summed E-state index contributed by atoms with van der Waals surface area (Å²) in [6, 6.07) is 17.1. The summed E-state index contributed by atoms with van der Waals surface area (Å²) in [6.45, 7) is 9.69. The van der Waals surface area contributed by atoms with Crippen molar-refractivity contribution in [2.75, 3.05) is 19.8 Å². The van der Waals surface area contributed by atoms with E-state index in [1.54, 1.807) is 0 Å². The molecular weight excluding hydrogens is 331 g/mol. The van der Waals surface area contributed by atoms with Crippen LogP contribution in [0.4, 0.5) is 0 Å². The molecule has 2 rings (SSSR count). The lowest BCUT2D eigenvalue weighted by molar-refractivity contribution is 0.182. The molecule has 0 saturated carbocycles. The van der Waals surface area contributed by atoms with E-state index in [0.29, 0.717) is 19.8 Å². The van der Waals surface area contributed by atoms with Crippen LogP contribution in [-0.4, -0.2) is 19.8 Å². The maximum atomic E-state index is 5.79. The van der Waals surface area contributed by atoms with Gasteiger partial charge in [-0.1, -0.05) is 59.7 Å². The molecule has 2 aromatic carbocycles. The second kappa shape index (κ2) is 10.5. The molecule has 0 amide bonds. The third-order valence-electron chi connectivity index (χ3n) is 3.66. The Hall–Kier alpha value is -1.51. The molecule has 0 heterocycles. The zero-order chi connectivity index (χ0) is 18.1. The zero-order valence-corrected chi connectivity index (χ0v) is 16.4. The quantitative estimate of drug-likeness (QED) is 0.511. The molecule has 0 N–H and O–H groups in total. The van der Waals surface area contributed by atoms with E-state index < -0.39 is 8.60 Å². The summed E-state index contributed by atoms with van der Waals surface area (Å²) in [5.74, 6) is 0. The van der Waals surface area contributed by atoms with Gasteiger partial charge in [0.1, 0.15) is 0 Å². The number of hydrogen-bond donors (Lipinski definition) is 0. The third-order valence-corrected chi connectivity index (χ3v) is 4.96. The minimum atomic E-state index is -1.28. The van der Waals surface area contributed by atoms with Gasteiger partial charge in [-0.2, -0.15) is 0 Å². The summed E-state index contributed by atoms with van der Waals surface area (Å²) in [6.07, 6.45) is 2.10. The van der Waals surface area contributed by atoms with Crippen LogP contribution >= 0.6 is 8.60 Å². The lowest BCUT2D eigenvalue weighted by Gasteiger charge is -2.15. The number of benzene rings is 2.